The zero-order valence-corrected chi connectivity index (χ0v) is 9.35. The molecule has 9 heteroatoms. The topological polar surface area (TPSA) is 110 Å². The van der Waals surface area contributed by atoms with Gasteiger partial charge in [-0.25, -0.2) is 4.39 Å². The van der Waals surface area contributed by atoms with E-state index in [0.717, 1.165) is 6.07 Å². The van der Waals surface area contributed by atoms with Crippen LogP contribution in [0.15, 0.2) is 12.1 Å². The lowest BCUT2D eigenvalue weighted by molar-refractivity contribution is -0.384. The number of aromatic nitrogens is 4. The summed E-state index contributed by atoms with van der Waals surface area (Å²) in [6, 6.07) is 2.25. The molecule has 2 rings (SSSR count). The second-order valence-corrected chi connectivity index (χ2v) is 3.56. The largest absolute Gasteiger partial charge is 0.372 e. The Balaban J connectivity index is 2.25. The number of H-pyrrole nitrogens is 1. The quantitative estimate of drug-likeness (QED) is 0.624. The third-order valence-corrected chi connectivity index (χ3v) is 2.30. The number of anilines is 1. The predicted octanol–water partition coefficient (Wildman–Crippen LogP) is 1.17. The smallest absolute Gasteiger partial charge is 0.295 e. The number of rotatable bonds is 4. The second kappa shape index (κ2) is 4.73. The summed E-state index contributed by atoms with van der Waals surface area (Å²) in [5.74, 6) is -0.266. The van der Waals surface area contributed by atoms with Crippen LogP contribution in [0.4, 0.5) is 15.8 Å². The minimum Gasteiger partial charge on any atom is -0.372 e. The number of nitrogens with zero attached hydrogens (tertiary/aromatic N) is 4. The summed E-state index contributed by atoms with van der Waals surface area (Å²) >= 11 is 0. The molecule has 1 aromatic heterocycles. The Labute approximate surface area is 100 Å². The van der Waals surface area contributed by atoms with E-state index in [1.165, 1.54) is 13.0 Å². The lowest BCUT2D eigenvalue weighted by Crippen LogP contribution is -2.05. The summed E-state index contributed by atoms with van der Waals surface area (Å²) < 4.78 is 13.3. The van der Waals surface area contributed by atoms with Gasteiger partial charge in [-0.1, -0.05) is 5.21 Å². The van der Waals surface area contributed by atoms with Gasteiger partial charge < -0.3 is 5.32 Å². The molecular formula is C9H9FN6O2. The molecule has 94 valence electrons. The van der Waals surface area contributed by atoms with Crippen LogP contribution in [0.5, 0.6) is 0 Å². The third-order valence-electron chi connectivity index (χ3n) is 2.30. The van der Waals surface area contributed by atoms with Crippen molar-refractivity contribution in [1.29, 1.82) is 0 Å². The number of aryl methyl sites for hydroxylation is 1. The zero-order chi connectivity index (χ0) is 13.1. The Bertz CT molecular complexity index is 571. The molecule has 1 aromatic carbocycles. The van der Waals surface area contributed by atoms with Crippen LogP contribution in [-0.4, -0.2) is 25.5 Å². The zero-order valence-electron chi connectivity index (χ0n) is 9.35. The molecule has 0 bridgehead atoms. The van der Waals surface area contributed by atoms with Crippen LogP contribution in [0.1, 0.15) is 11.4 Å². The Kier molecular flexibility index (Phi) is 3.13. The van der Waals surface area contributed by atoms with Gasteiger partial charge >= 0.3 is 0 Å². The maximum atomic E-state index is 13.3. The van der Waals surface area contributed by atoms with Gasteiger partial charge in [0.15, 0.2) is 5.82 Å². The first-order valence-corrected chi connectivity index (χ1v) is 4.98. The predicted molar refractivity (Wildman–Crippen MR) is 59.3 cm³/mol. The van der Waals surface area contributed by atoms with E-state index >= 15 is 0 Å². The fourth-order valence-electron chi connectivity index (χ4n) is 1.40. The Morgan fingerprint density at radius 1 is 1.56 bits per heavy atom. The van der Waals surface area contributed by atoms with Gasteiger partial charge in [0.05, 0.1) is 17.5 Å². The van der Waals surface area contributed by atoms with E-state index in [4.69, 9.17) is 0 Å². The van der Waals surface area contributed by atoms with Crippen LogP contribution in [0.25, 0.3) is 0 Å². The number of hydrogen-bond acceptors (Lipinski definition) is 6. The van der Waals surface area contributed by atoms with Gasteiger partial charge in [-0.2, -0.15) is 5.21 Å². The van der Waals surface area contributed by atoms with Gasteiger partial charge in [-0.3, -0.25) is 10.1 Å². The first-order valence-electron chi connectivity index (χ1n) is 4.98. The lowest BCUT2D eigenvalue weighted by Gasteiger charge is -2.06. The van der Waals surface area contributed by atoms with Crippen LogP contribution in [0, 0.1) is 22.9 Å². The van der Waals surface area contributed by atoms with E-state index in [9.17, 15) is 14.5 Å². The third kappa shape index (κ3) is 2.39. The van der Waals surface area contributed by atoms with Crippen molar-refractivity contribution in [3.63, 3.8) is 0 Å². The summed E-state index contributed by atoms with van der Waals surface area (Å²) in [4.78, 5) is 10.1. The van der Waals surface area contributed by atoms with Crippen LogP contribution in [0.3, 0.4) is 0 Å². The SMILES string of the molecule is Cc1cc(NCc2nn[nH]n2)c([N+](=O)[O-])cc1F. The molecule has 0 aliphatic heterocycles. The van der Waals surface area contributed by atoms with Gasteiger partial charge in [0.2, 0.25) is 0 Å². The van der Waals surface area contributed by atoms with Crippen LogP contribution in [0.2, 0.25) is 0 Å². The molecule has 8 nitrogen and oxygen atoms in total. The molecule has 1 heterocycles. The molecular weight excluding hydrogens is 243 g/mol. The minimum atomic E-state index is -0.652. The van der Waals surface area contributed by atoms with E-state index in [1.807, 2.05) is 0 Å². The van der Waals surface area contributed by atoms with Crippen molar-refractivity contribution in [2.45, 2.75) is 13.5 Å². The van der Waals surface area contributed by atoms with Gasteiger partial charge in [-0.05, 0) is 18.6 Å². The first-order chi connectivity index (χ1) is 8.58. The highest BCUT2D eigenvalue weighted by molar-refractivity contribution is 5.62. The molecule has 0 radical (unpaired) electrons. The molecule has 2 aromatic rings. The summed E-state index contributed by atoms with van der Waals surface area (Å²) in [6.07, 6.45) is 0. The fraction of sp³-hybridized carbons (Fsp3) is 0.222. The number of halogens is 1. The molecule has 0 aliphatic carbocycles. The molecule has 0 amide bonds. The normalized spacial score (nSPS) is 10.3. The Morgan fingerprint density at radius 3 is 2.94 bits per heavy atom. The highest BCUT2D eigenvalue weighted by Gasteiger charge is 2.17. The monoisotopic (exact) mass is 252 g/mol. The number of aromatic amines is 1. The number of tetrazole rings is 1. The van der Waals surface area contributed by atoms with Crippen molar-refractivity contribution in [2.24, 2.45) is 0 Å². The maximum absolute atomic E-state index is 13.3. The van der Waals surface area contributed by atoms with Crippen molar-refractivity contribution in [3.8, 4) is 0 Å². The van der Waals surface area contributed by atoms with E-state index < -0.39 is 10.7 Å². The van der Waals surface area contributed by atoms with Crippen LogP contribution in [-0.2, 0) is 6.54 Å². The van der Waals surface area contributed by atoms with E-state index in [1.54, 1.807) is 0 Å². The maximum Gasteiger partial charge on any atom is 0.295 e. The molecule has 0 saturated carbocycles. The second-order valence-electron chi connectivity index (χ2n) is 3.56. The van der Waals surface area contributed by atoms with Gasteiger partial charge in [0.1, 0.15) is 11.5 Å². The molecule has 0 aliphatic rings. The number of nitro groups is 1. The Morgan fingerprint density at radius 2 is 2.33 bits per heavy atom. The highest BCUT2D eigenvalue weighted by Crippen LogP contribution is 2.27. The van der Waals surface area contributed by atoms with Crippen molar-refractivity contribution in [2.75, 3.05) is 5.32 Å². The van der Waals surface area contributed by atoms with Crippen molar-refractivity contribution in [1.82, 2.24) is 20.6 Å². The van der Waals surface area contributed by atoms with Crippen molar-refractivity contribution < 1.29 is 9.31 Å². The molecule has 18 heavy (non-hydrogen) atoms. The number of nitrogens with one attached hydrogen (secondary N) is 2. The standard InChI is InChI=1S/C9H9FN6O2/c1-5-2-7(8(16(17)18)3-6(5)10)11-4-9-12-14-15-13-9/h2-3,11H,4H2,1H3,(H,12,13,14,15). The summed E-state index contributed by atoms with van der Waals surface area (Å²) in [6.45, 7) is 1.68. The minimum absolute atomic E-state index is 0.155. The van der Waals surface area contributed by atoms with Crippen molar-refractivity contribution in [3.05, 3.63) is 39.5 Å². The van der Waals surface area contributed by atoms with Crippen molar-refractivity contribution >= 4 is 11.4 Å². The fourth-order valence-corrected chi connectivity index (χ4v) is 1.40. The first kappa shape index (κ1) is 11.9. The molecule has 2 N–H and O–H groups in total. The molecule has 0 spiro atoms. The molecule has 0 unspecified atom stereocenters. The Hall–Kier alpha value is -2.58. The van der Waals surface area contributed by atoms with Gasteiger partial charge in [-0.15, -0.1) is 10.2 Å². The van der Waals surface area contributed by atoms with E-state index in [-0.39, 0.29) is 17.9 Å². The number of benzene rings is 1. The number of hydrogen-bond donors (Lipinski definition) is 2. The van der Waals surface area contributed by atoms with E-state index in [0.29, 0.717) is 11.4 Å². The highest BCUT2D eigenvalue weighted by atomic mass is 19.1. The summed E-state index contributed by atoms with van der Waals surface area (Å²) in [7, 11) is 0. The van der Waals surface area contributed by atoms with Crippen LogP contribution < -0.4 is 5.32 Å². The lowest BCUT2D eigenvalue weighted by atomic mass is 10.2. The summed E-state index contributed by atoms with van der Waals surface area (Å²) in [5.41, 5.74) is 0.196. The average Bonchev–Trinajstić information content (AvgIpc) is 2.83. The van der Waals surface area contributed by atoms with Gasteiger partial charge in [0, 0.05) is 0 Å². The average molecular weight is 252 g/mol. The molecule has 0 saturated heterocycles. The molecule has 0 atom stereocenters. The molecule has 0 fully saturated rings. The summed E-state index contributed by atoms with van der Waals surface area (Å²) in [5, 5.41) is 26.6. The number of nitro benzene ring substituents is 1. The van der Waals surface area contributed by atoms with E-state index in [2.05, 4.69) is 25.9 Å². The van der Waals surface area contributed by atoms with Crippen LogP contribution >= 0.6 is 0 Å². The van der Waals surface area contributed by atoms with Gasteiger partial charge in [0.25, 0.3) is 5.69 Å².